The number of fused-ring (bicyclic) bond motifs is 1. The third-order valence-corrected chi connectivity index (χ3v) is 5.00. The summed E-state index contributed by atoms with van der Waals surface area (Å²) < 4.78 is 24.3. The molecule has 0 radical (unpaired) electrons. The molecule has 3 aromatic carbocycles. The molecule has 164 valence electrons. The van der Waals surface area contributed by atoms with Crippen LogP contribution >= 0.6 is 0 Å². The fourth-order valence-corrected chi connectivity index (χ4v) is 3.45. The van der Waals surface area contributed by atoms with Crippen LogP contribution < -0.4 is 19.7 Å². The van der Waals surface area contributed by atoms with Gasteiger partial charge in [-0.25, -0.2) is 4.39 Å². The van der Waals surface area contributed by atoms with E-state index in [-0.39, 0.29) is 30.7 Å². The van der Waals surface area contributed by atoms with Gasteiger partial charge in [-0.1, -0.05) is 30.3 Å². The van der Waals surface area contributed by atoms with Crippen LogP contribution in [0.15, 0.2) is 72.8 Å². The molecule has 0 bridgehead atoms. The number of hydrogen-bond acceptors (Lipinski definition) is 4. The summed E-state index contributed by atoms with van der Waals surface area (Å²) in [4.78, 5) is 26.5. The van der Waals surface area contributed by atoms with E-state index in [2.05, 4.69) is 5.32 Å². The van der Waals surface area contributed by atoms with Crippen LogP contribution in [0.2, 0.25) is 0 Å². The van der Waals surface area contributed by atoms with E-state index in [0.717, 1.165) is 5.75 Å². The Morgan fingerprint density at radius 1 is 1.06 bits per heavy atom. The molecule has 0 spiro atoms. The van der Waals surface area contributed by atoms with Gasteiger partial charge in [-0.15, -0.1) is 0 Å². The van der Waals surface area contributed by atoms with E-state index >= 15 is 0 Å². The van der Waals surface area contributed by atoms with Crippen molar-refractivity contribution in [3.8, 4) is 11.5 Å². The summed E-state index contributed by atoms with van der Waals surface area (Å²) in [6, 6.07) is 20.5. The normalized spacial score (nSPS) is 12.7. The number of halogens is 1. The summed E-state index contributed by atoms with van der Waals surface area (Å²) in [5.41, 5.74) is 1.88. The number of hydrogen-bond donors (Lipinski definition) is 1. The summed E-state index contributed by atoms with van der Waals surface area (Å²) >= 11 is 0. The molecule has 6 nitrogen and oxygen atoms in total. The Hall–Kier alpha value is -3.87. The number of nitrogens with one attached hydrogen (secondary N) is 1. The second-order valence-electron chi connectivity index (χ2n) is 7.38. The lowest BCUT2D eigenvalue weighted by Crippen LogP contribution is -2.39. The number of para-hydroxylation sites is 1. The van der Waals surface area contributed by atoms with Crippen molar-refractivity contribution in [2.45, 2.75) is 12.8 Å². The fourth-order valence-electron chi connectivity index (χ4n) is 3.45. The van der Waals surface area contributed by atoms with Crippen LogP contribution in [0.4, 0.5) is 15.8 Å². The van der Waals surface area contributed by atoms with Crippen molar-refractivity contribution >= 4 is 23.2 Å². The molecule has 7 heteroatoms. The SMILES string of the molecule is O=C(Cc1ccc(F)cc1)Nc1ccc2c(c1)N(CCCOc1ccccc1)C(=O)CO2. The molecule has 1 N–H and O–H groups in total. The number of benzene rings is 3. The van der Waals surface area contributed by atoms with E-state index in [4.69, 9.17) is 9.47 Å². The van der Waals surface area contributed by atoms with E-state index in [1.807, 2.05) is 30.3 Å². The Morgan fingerprint density at radius 3 is 2.62 bits per heavy atom. The Balaban J connectivity index is 1.38. The lowest BCUT2D eigenvalue weighted by atomic mass is 10.1. The Labute approximate surface area is 185 Å². The van der Waals surface area contributed by atoms with Crippen LogP contribution in [0.3, 0.4) is 0 Å². The minimum Gasteiger partial charge on any atom is -0.494 e. The molecule has 3 aromatic rings. The molecular weight excluding hydrogens is 411 g/mol. The van der Waals surface area contributed by atoms with Gasteiger partial charge in [0.1, 0.15) is 17.3 Å². The summed E-state index contributed by atoms with van der Waals surface area (Å²) in [5, 5.41) is 2.83. The van der Waals surface area contributed by atoms with Gasteiger partial charge in [-0.3, -0.25) is 9.59 Å². The van der Waals surface area contributed by atoms with E-state index < -0.39 is 0 Å². The smallest absolute Gasteiger partial charge is 0.265 e. The molecule has 4 rings (SSSR count). The van der Waals surface area contributed by atoms with Crippen LogP contribution in [0.5, 0.6) is 11.5 Å². The van der Waals surface area contributed by atoms with E-state index in [1.54, 1.807) is 35.2 Å². The largest absolute Gasteiger partial charge is 0.494 e. The molecule has 1 aliphatic heterocycles. The number of nitrogens with zero attached hydrogens (tertiary/aromatic N) is 1. The maximum absolute atomic E-state index is 13.0. The average Bonchev–Trinajstić information content (AvgIpc) is 2.80. The second-order valence-corrected chi connectivity index (χ2v) is 7.38. The Bertz CT molecular complexity index is 1090. The second kappa shape index (κ2) is 9.96. The fraction of sp³-hybridized carbons (Fsp3) is 0.200. The first-order chi connectivity index (χ1) is 15.6. The van der Waals surface area contributed by atoms with Crippen LogP contribution in [0.1, 0.15) is 12.0 Å². The number of carbonyl (C=O) groups is 2. The van der Waals surface area contributed by atoms with Gasteiger partial charge in [0.05, 0.1) is 18.7 Å². The highest BCUT2D eigenvalue weighted by atomic mass is 19.1. The lowest BCUT2D eigenvalue weighted by molar-refractivity contribution is -0.121. The number of amides is 2. The van der Waals surface area contributed by atoms with Crippen LogP contribution in [-0.4, -0.2) is 31.6 Å². The molecular formula is C25H23FN2O4. The van der Waals surface area contributed by atoms with Gasteiger partial charge in [-0.2, -0.15) is 0 Å². The van der Waals surface area contributed by atoms with E-state index in [0.29, 0.717) is 42.3 Å². The predicted molar refractivity (Wildman–Crippen MR) is 120 cm³/mol. The zero-order valence-corrected chi connectivity index (χ0v) is 17.4. The van der Waals surface area contributed by atoms with Crippen molar-refractivity contribution in [1.29, 1.82) is 0 Å². The minimum absolute atomic E-state index is 0.0250. The van der Waals surface area contributed by atoms with Crippen molar-refractivity contribution < 1.29 is 23.5 Å². The molecule has 2 amide bonds. The first-order valence-corrected chi connectivity index (χ1v) is 10.4. The monoisotopic (exact) mass is 434 g/mol. The summed E-state index contributed by atoms with van der Waals surface area (Å²) in [5.74, 6) is 0.648. The molecule has 0 saturated carbocycles. The van der Waals surface area contributed by atoms with Gasteiger partial charge >= 0.3 is 0 Å². The Morgan fingerprint density at radius 2 is 1.84 bits per heavy atom. The van der Waals surface area contributed by atoms with Crippen molar-refractivity contribution in [2.75, 3.05) is 30.0 Å². The van der Waals surface area contributed by atoms with Crippen LogP contribution in [0, 0.1) is 5.82 Å². The number of anilines is 2. The third kappa shape index (κ3) is 5.43. The van der Waals surface area contributed by atoms with Gasteiger partial charge < -0.3 is 19.7 Å². The molecule has 0 saturated heterocycles. The molecule has 1 heterocycles. The zero-order valence-electron chi connectivity index (χ0n) is 17.4. The number of carbonyl (C=O) groups excluding carboxylic acids is 2. The van der Waals surface area contributed by atoms with Crippen LogP contribution in [-0.2, 0) is 16.0 Å². The van der Waals surface area contributed by atoms with Crippen molar-refractivity contribution in [2.24, 2.45) is 0 Å². The standard InChI is InChI=1S/C25H23FN2O4/c26-19-9-7-18(8-10-19)15-24(29)27-20-11-12-23-22(16-20)28(25(30)17-32-23)13-4-14-31-21-5-2-1-3-6-21/h1-3,5-12,16H,4,13-15,17H2,(H,27,29). The van der Waals surface area contributed by atoms with Crippen molar-refractivity contribution in [3.63, 3.8) is 0 Å². The summed E-state index contributed by atoms with van der Waals surface area (Å²) in [6.07, 6.45) is 0.758. The first-order valence-electron chi connectivity index (χ1n) is 10.4. The topological polar surface area (TPSA) is 67.9 Å². The molecule has 0 fully saturated rings. The highest BCUT2D eigenvalue weighted by molar-refractivity contribution is 5.99. The third-order valence-electron chi connectivity index (χ3n) is 5.00. The molecule has 0 unspecified atom stereocenters. The molecule has 0 aromatic heterocycles. The molecule has 0 aliphatic carbocycles. The lowest BCUT2D eigenvalue weighted by Gasteiger charge is -2.30. The van der Waals surface area contributed by atoms with Crippen molar-refractivity contribution in [1.82, 2.24) is 0 Å². The molecule has 32 heavy (non-hydrogen) atoms. The van der Waals surface area contributed by atoms with Gasteiger partial charge in [-0.05, 0) is 54.4 Å². The maximum atomic E-state index is 13.0. The quantitative estimate of drug-likeness (QED) is 0.540. The molecule has 0 atom stereocenters. The van der Waals surface area contributed by atoms with E-state index in [1.165, 1.54) is 12.1 Å². The minimum atomic E-state index is -0.345. The van der Waals surface area contributed by atoms with Gasteiger partial charge in [0.2, 0.25) is 5.91 Å². The number of ether oxygens (including phenoxy) is 2. The zero-order chi connectivity index (χ0) is 22.3. The van der Waals surface area contributed by atoms with Gasteiger partial charge in [0.25, 0.3) is 5.91 Å². The summed E-state index contributed by atoms with van der Waals surface area (Å²) in [7, 11) is 0. The van der Waals surface area contributed by atoms with Crippen LogP contribution in [0.25, 0.3) is 0 Å². The number of rotatable bonds is 8. The van der Waals surface area contributed by atoms with Gasteiger partial charge in [0, 0.05) is 12.2 Å². The average molecular weight is 434 g/mol. The Kier molecular flexibility index (Phi) is 6.65. The maximum Gasteiger partial charge on any atom is 0.265 e. The van der Waals surface area contributed by atoms with Gasteiger partial charge in [0.15, 0.2) is 6.61 Å². The molecule has 1 aliphatic rings. The summed E-state index contributed by atoms with van der Waals surface area (Å²) in [6.45, 7) is 0.913. The van der Waals surface area contributed by atoms with E-state index in [9.17, 15) is 14.0 Å². The highest BCUT2D eigenvalue weighted by Gasteiger charge is 2.25. The van der Waals surface area contributed by atoms with Crippen molar-refractivity contribution in [3.05, 3.63) is 84.2 Å². The predicted octanol–water partition coefficient (Wildman–Crippen LogP) is 4.20. The highest BCUT2D eigenvalue weighted by Crippen LogP contribution is 2.34. The first kappa shape index (κ1) is 21.4.